The van der Waals surface area contributed by atoms with Crippen LogP contribution in [0, 0.1) is 0 Å². The van der Waals surface area contributed by atoms with Crippen molar-refractivity contribution >= 4 is 27.3 Å². The molecule has 1 rings (SSSR count). The molecule has 2 atom stereocenters. The second-order valence-electron chi connectivity index (χ2n) is 2.64. The van der Waals surface area contributed by atoms with Gasteiger partial charge >= 0.3 is 0 Å². The Labute approximate surface area is 67.6 Å². The summed E-state index contributed by atoms with van der Waals surface area (Å²) in [5, 5.41) is 19.3. The normalized spacial score (nSPS) is 42.0. The molecule has 0 spiro atoms. The summed E-state index contributed by atoms with van der Waals surface area (Å²) in [6.07, 6.45) is 1.96. The van der Waals surface area contributed by atoms with Crippen LogP contribution in [0.4, 0.5) is 0 Å². The minimum absolute atomic E-state index is 0.103. The van der Waals surface area contributed by atoms with Gasteiger partial charge < -0.3 is 10.2 Å². The number of thioether (sulfide) groups is 1. The maximum atomic E-state index is 9.51. The zero-order valence-corrected chi connectivity index (χ0v) is 7.76. The summed E-state index contributed by atoms with van der Waals surface area (Å²) in [4.78, 5) is -0.621. The molecule has 0 bridgehead atoms. The van der Waals surface area contributed by atoms with Gasteiger partial charge in [-0.15, -0.1) is 11.8 Å². The lowest BCUT2D eigenvalue weighted by Crippen LogP contribution is -2.30. The van der Waals surface area contributed by atoms with Crippen LogP contribution < -0.4 is 0 Å². The summed E-state index contributed by atoms with van der Waals surface area (Å²) in [5.74, 6) is 1.27. The van der Waals surface area contributed by atoms with Gasteiger partial charge in [0.2, 0.25) is 0 Å². The molecule has 0 saturated carbocycles. The molecule has 0 radical (unpaired) electrons. The number of rotatable bonds is 0. The van der Waals surface area contributed by atoms with Gasteiger partial charge in [-0.3, -0.25) is 0 Å². The molecule has 2 nitrogen and oxygen atoms in total. The van der Waals surface area contributed by atoms with Crippen molar-refractivity contribution in [3.63, 3.8) is 0 Å². The minimum Gasteiger partial charge on any atom is -0.379 e. The lowest BCUT2D eigenvalue weighted by atomic mass is 10.5. The van der Waals surface area contributed by atoms with Crippen molar-refractivity contribution in [3.05, 3.63) is 0 Å². The van der Waals surface area contributed by atoms with Gasteiger partial charge in [-0.05, 0) is 13.2 Å². The molecule has 1 heterocycles. The number of hydrogen-bond acceptors (Lipinski definition) is 2. The van der Waals surface area contributed by atoms with E-state index < -0.39 is 4.93 Å². The van der Waals surface area contributed by atoms with E-state index in [1.54, 1.807) is 6.92 Å². The standard InChI is InChI=1S/C6H12O2S2/c1-6(8)4-10(2)5(7)3-9-6/h7-8H,3-4H2,1-2H3. The highest BCUT2D eigenvalue weighted by molar-refractivity contribution is 8.18. The first-order chi connectivity index (χ1) is 4.51. The Balaban J connectivity index is 2.72. The third-order valence-electron chi connectivity index (χ3n) is 1.39. The van der Waals surface area contributed by atoms with E-state index in [-0.39, 0.29) is 10.5 Å². The minimum atomic E-state index is -0.621. The van der Waals surface area contributed by atoms with Crippen molar-refractivity contribution in [1.29, 1.82) is 0 Å². The molecule has 0 aromatic rings. The third kappa shape index (κ3) is 1.99. The van der Waals surface area contributed by atoms with Crippen LogP contribution in [-0.4, -0.2) is 38.0 Å². The molecule has 0 saturated heterocycles. The zero-order valence-electron chi connectivity index (χ0n) is 6.13. The molecular formula is C6H12O2S2. The van der Waals surface area contributed by atoms with Gasteiger partial charge in [0.05, 0.1) is 5.05 Å². The van der Waals surface area contributed by atoms with Gasteiger partial charge in [0.1, 0.15) is 4.93 Å². The molecular weight excluding hydrogens is 168 g/mol. The second kappa shape index (κ2) is 2.85. The third-order valence-corrected chi connectivity index (χ3v) is 4.89. The monoisotopic (exact) mass is 180 g/mol. The van der Waals surface area contributed by atoms with Crippen LogP contribution in [0.5, 0.6) is 0 Å². The molecule has 4 heteroatoms. The Kier molecular flexibility index (Phi) is 2.45. The van der Waals surface area contributed by atoms with Gasteiger partial charge in [-0.25, -0.2) is 0 Å². The van der Waals surface area contributed by atoms with Crippen LogP contribution in [0.1, 0.15) is 6.92 Å². The molecule has 2 unspecified atom stereocenters. The average Bonchev–Trinajstić information content (AvgIpc) is 1.79. The summed E-state index contributed by atoms with van der Waals surface area (Å²) in [5.41, 5.74) is 0. The van der Waals surface area contributed by atoms with Crippen LogP contribution in [0.25, 0.3) is 0 Å². The maximum absolute atomic E-state index is 9.51. The Morgan fingerprint density at radius 2 is 2.30 bits per heavy atom. The highest BCUT2D eigenvalue weighted by atomic mass is 32.2. The lowest BCUT2D eigenvalue weighted by Gasteiger charge is -2.28. The van der Waals surface area contributed by atoms with E-state index >= 15 is 0 Å². The van der Waals surface area contributed by atoms with Gasteiger partial charge in [0.15, 0.2) is 0 Å². The fourth-order valence-electron chi connectivity index (χ4n) is 0.844. The molecule has 0 fully saturated rings. The topological polar surface area (TPSA) is 40.5 Å². The second-order valence-corrected chi connectivity index (χ2v) is 6.13. The van der Waals surface area contributed by atoms with Gasteiger partial charge in [-0.1, -0.05) is 0 Å². The first-order valence-corrected chi connectivity index (χ1v) is 5.84. The quantitative estimate of drug-likeness (QED) is 0.547. The summed E-state index contributed by atoms with van der Waals surface area (Å²) in [7, 11) is -0.103. The number of hydrogen-bond donors (Lipinski definition) is 2. The van der Waals surface area contributed by atoms with Crippen molar-refractivity contribution in [3.8, 4) is 0 Å². The largest absolute Gasteiger partial charge is 0.379 e. The smallest absolute Gasteiger partial charge is 0.116 e. The van der Waals surface area contributed by atoms with Gasteiger partial charge in [0, 0.05) is 11.5 Å². The van der Waals surface area contributed by atoms with E-state index in [0.717, 1.165) is 0 Å². The molecule has 1 aliphatic rings. The molecule has 10 heavy (non-hydrogen) atoms. The predicted octanol–water partition coefficient (Wildman–Crippen LogP) is 1.03. The molecule has 1 aliphatic heterocycles. The Morgan fingerprint density at radius 1 is 1.70 bits per heavy atom. The van der Waals surface area contributed by atoms with E-state index in [2.05, 4.69) is 0 Å². The maximum Gasteiger partial charge on any atom is 0.116 e. The molecule has 0 amide bonds. The Bertz CT molecular complexity index is 175. The van der Waals surface area contributed by atoms with Crippen LogP contribution >= 0.6 is 22.2 Å². The fourth-order valence-corrected chi connectivity index (χ4v) is 4.09. The fraction of sp³-hybridized carbons (Fsp3) is 0.833. The molecule has 2 N–H and O–H groups in total. The van der Waals surface area contributed by atoms with Crippen molar-refractivity contribution in [2.75, 3.05) is 17.8 Å². The van der Waals surface area contributed by atoms with E-state index in [0.29, 0.717) is 16.6 Å². The lowest BCUT2D eigenvalue weighted by molar-refractivity contribution is 0.184. The predicted molar refractivity (Wildman–Crippen MR) is 49.1 cm³/mol. The molecule has 0 aromatic heterocycles. The van der Waals surface area contributed by atoms with Crippen LogP contribution in [0.15, 0.2) is 0 Å². The first kappa shape index (κ1) is 8.59. The summed E-state index contributed by atoms with van der Waals surface area (Å²) < 4.78 is 0. The highest BCUT2D eigenvalue weighted by Gasteiger charge is 2.26. The van der Waals surface area contributed by atoms with Crippen molar-refractivity contribution < 1.29 is 10.2 Å². The SMILES string of the molecule is CS1=C(O)CSC(C)(O)C1. The van der Waals surface area contributed by atoms with E-state index in [4.69, 9.17) is 0 Å². The van der Waals surface area contributed by atoms with E-state index in [9.17, 15) is 10.2 Å². The highest BCUT2D eigenvalue weighted by Crippen LogP contribution is 2.33. The first-order valence-electron chi connectivity index (χ1n) is 3.05. The van der Waals surface area contributed by atoms with Crippen LogP contribution in [0.3, 0.4) is 0 Å². The summed E-state index contributed by atoms with van der Waals surface area (Å²) in [6.45, 7) is 1.80. The molecule has 0 aliphatic carbocycles. The van der Waals surface area contributed by atoms with Crippen molar-refractivity contribution in [2.45, 2.75) is 11.9 Å². The zero-order chi connectivity index (χ0) is 7.78. The summed E-state index contributed by atoms with van der Waals surface area (Å²) in [6, 6.07) is 0. The van der Waals surface area contributed by atoms with Crippen molar-refractivity contribution in [2.24, 2.45) is 0 Å². The van der Waals surface area contributed by atoms with E-state index in [1.807, 2.05) is 6.26 Å². The van der Waals surface area contributed by atoms with E-state index in [1.165, 1.54) is 11.8 Å². The average molecular weight is 180 g/mol. The molecule has 0 aromatic carbocycles. The van der Waals surface area contributed by atoms with Crippen LogP contribution in [0.2, 0.25) is 0 Å². The van der Waals surface area contributed by atoms with Gasteiger partial charge in [0.25, 0.3) is 0 Å². The van der Waals surface area contributed by atoms with Crippen molar-refractivity contribution in [1.82, 2.24) is 0 Å². The van der Waals surface area contributed by atoms with Crippen LogP contribution in [-0.2, 0) is 0 Å². The molecule has 60 valence electrons. The Hall–Kier alpha value is 0.490. The number of aliphatic hydroxyl groups excluding tert-OH is 1. The summed E-state index contributed by atoms with van der Waals surface area (Å²) >= 11 is 1.41. The Morgan fingerprint density at radius 3 is 2.70 bits per heavy atom. The number of aliphatic hydroxyl groups is 2. The van der Waals surface area contributed by atoms with Gasteiger partial charge in [-0.2, -0.15) is 10.5 Å².